The number of fused-ring (bicyclic) bond motifs is 13. The van der Waals surface area contributed by atoms with Gasteiger partial charge in [0.25, 0.3) is 10.1 Å². The Balaban J connectivity index is 0.837. The molecule has 84 heavy (non-hydrogen) atoms. The Morgan fingerprint density at radius 1 is 0.810 bits per heavy atom. The van der Waals surface area contributed by atoms with Crippen molar-refractivity contribution in [2.24, 2.45) is 0 Å². The predicted molar refractivity (Wildman–Crippen MR) is 311 cm³/mol. The molecule has 432 valence electrons. The smallest absolute Gasteiger partial charge is 0.340 e. The van der Waals surface area contributed by atoms with E-state index < -0.39 is 72.1 Å². The summed E-state index contributed by atoms with van der Waals surface area (Å²) in [5, 5.41) is 33.7. The van der Waals surface area contributed by atoms with Crippen molar-refractivity contribution < 1.29 is 75.1 Å². The predicted octanol–water partition coefficient (Wildman–Crippen LogP) is 11.8. The van der Waals surface area contributed by atoms with E-state index in [2.05, 4.69) is 114 Å². The van der Waals surface area contributed by atoms with Gasteiger partial charge in [-0.3, -0.25) is 9.35 Å². The molecule has 0 radical (unpaired) electrons. The monoisotopic (exact) mass is 1220 g/mol. The first-order chi connectivity index (χ1) is 40.0. The topological polar surface area (TPSA) is 333 Å². The molecule has 12 rings (SSSR count). The van der Waals surface area contributed by atoms with Gasteiger partial charge in [0.1, 0.15) is 0 Å². The second-order valence-electron chi connectivity index (χ2n) is 22.1. The molecule has 1 saturated heterocycles. The Labute approximate surface area is 477 Å². The SMILES string of the molecule is CC1(C)CN(c2ccc(C(=O)NCC#Cc3cn(C4CCC(CP(OOO)(OOO)(P(=O)=O)P(=O)=O)O4)c4nc(N)[nH]c(=O)c34)cc2)c2c1c1[o+]c3c4c(c5ccccc5c3cc1c1ccccc21)N(c1ccc(S(=O)(=O)O)cc1)CC4(C)C. The number of anilines is 5. The number of nitrogens with zero attached hydrogens (tertiary/aromatic N) is 4. The summed E-state index contributed by atoms with van der Waals surface area (Å²) in [4.78, 5) is 37.9. The molecule has 6 heterocycles. The van der Waals surface area contributed by atoms with Crippen LogP contribution in [0, 0.1) is 11.8 Å². The van der Waals surface area contributed by atoms with Crippen molar-refractivity contribution in [2.45, 2.75) is 68.6 Å². The molecule has 0 aliphatic carbocycles. The number of benzene rings is 6. The third-order valence-electron chi connectivity index (χ3n) is 15.9. The molecule has 2 unspecified atom stereocenters. The largest absolute Gasteiger partial charge is 0.367 e. The van der Waals surface area contributed by atoms with E-state index in [9.17, 15) is 40.8 Å². The minimum atomic E-state index is -6.24. The van der Waals surface area contributed by atoms with E-state index in [4.69, 9.17) is 25.4 Å². The molecular formula is C56H51N7O17P3S+. The van der Waals surface area contributed by atoms with Crippen LogP contribution in [0.4, 0.5) is 28.7 Å². The third-order valence-corrected chi connectivity index (χ3v) is 28.1. The first kappa shape index (κ1) is 56.7. The van der Waals surface area contributed by atoms with Crippen LogP contribution in [0.3, 0.4) is 0 Å². The average molecular weight is 1220 g/mol. The number of aromatic amines is 1. The maximum atomic E-state index is 13.7. The summed E-state index contributed by atoms with van der Waals surface area (Å²) >= 11 is 0. The second kappa shape index (κ2) is 20.5. The Morgan fingerprint density at radius 2 is 1.33 bits per heavy atom. The molecule has 1 fully saturated rings. The molecule has 28 heteroatoms. The van der Waals surface area contributed by atoms with Gasteiger partial charge in [-0.2, -0.15) is 8.42 Å². The molecule has 24 nitrogen and oxygen atoms in total. The van der Waals surface area contributed by atoms with E-state index in [0.717, 1.165) is 77.4 Å². The van der Waals surface area contributed by atoms with Gasteiger partial charge in [0.2, 0.25) is 0 Å². The van der Waals surface area contributed by atoms with Crippen LogP contribution in [-0.4, -0.2) is 75.8 Å². The van der Waals surface area contributed by atoms with Gasteiger partial charge in [-0.15, -0.1) is 0 Å². The van der Waals surface area contributed by atoms with Gasteiger partial charge in [-0.25, -0.2) is 4.42 Å². The minimum absolute atomic E-state index is 0.00160. The number of amides is 1. The maximum Gasteiger partial charge on any atom is 0.367 e. The van der Waals surface area contributed by atoms with Crippen LogP contribution in [0.15, 0.2) is 123 Å². The van der Waals surface area contributed by atoms with Crippen LogP contribution < -0.4 is 26.4 Å². The standard InChI is InChI=1S/C56H50N7O17P3S/c1-55(2)29-62(47-39-13-7-5-11-37(39)41-26-42-38-12-6-8-14-40(38)48-46(50(42)76-49(41)45(47)55)56(3,4)30-63(48)34-19-22-36(23-20-34)84(72,73)74)33-17-15-31(16-18-33)52(64)58-25-9-10-32-27-61(51-44(32)53(65)60-54(57)59-51)43-24-21-35(75-43)28-83(79-77-66,80-78-67,81(68)69)82(70)71/h5-8,11-20,22-23,26-27,35,43H,21,24-25,28-30H2,1-4H3,(H6-,57,58,59,60,64,65,66,67,72,73,74)/p+1. The molecular weight excluding hydrogens is 1170 g/mol. The number of ether oxygens (including phenoxy) is 1. The number of nitrogens with two attached hydrogens (primary N) is 1. The van der Waals surface area contributed by atoms with Crippen molar-refractivity contribution in [2.75, 3.05) is 41.3 Å². The molecule has 9 aromatic rings. The number of hydrogen-bond donors (Lipinski definition) is 6. The molecule has 0 spiro atoms. The van der Waals surface area contributed by atoms with Crippen LogP contribution in [0.25, 0.3) is 54.5 Å². The van der Waals surface area contributed by atoms with Crippen LogP contribution in [0.5, 0.6) is 0 Å². The van der Waals surface area contributed by atoms with Gasteiger partial charge in [0, 0.05) is 62.4 Å². The van der Waals surface area contributed by atoms with E-state index >= 15 is 0 Å². The van der Waals surface area contributed by atoms with Gasteiger partial charge >= 0.3 is 206 Å². The Morgan fingerprint density at radius 3 is 1.85 bits per heavy atom. The van der Waals surface area contributed by atoms with Crippen LogP contribution in [-0.2, 0) is 63.4 Å². The summed E-state index contributed by atoms with van der Waals surface area (Å²) in [6.07, 6.45) is -8.20. The van der Waals surface area contributed by atoms with Crippen molar-refractivity contribution in [1.29, 1.82) is 0 Å². The maximum absolute atomic E-state index is 13.7. The second-order valence-corrected chi connectivity index (χ2v) is 35.0. The van der Waals surface area contributed by atoms with Gasteiger partial charge in [0.15, 0.2) is 0 Å². The zero-order valence-corrected chi connectivity index (χ0v) is 48.5. The number of nitrogen functional groups attached to an aromatic ring is 1. The quantitative estimate of drug-likeness (QED) is 0.00861. The van der Waals surface area contributed by atoms with Gasteiger partial charge in [-0.05, 0) is 54.6 Å². The number of nitrogens with one attached hydrogen (secondary N) is 2. The number of rotatable bonds is 14. The summed E-state index contributed by atoms with van der Waals surface area (Å²) < 4.78 is 107. The molecule has 7 N–H and O–H groups in total. The minimum Gasteiger partial charge on any atom is -0.340 e. The van der Waals surface area contributed by atoms with E-state index in [0.29, 0.717) is 18.7 Å². The average Bonchev–Trinajstić information content (AvgIpc) is 2.19. The summed E-state index contributed by atoms with van der Waals surface area (Å²) in [5.41, 5.74) is 11.9. The first-order valence-electron chi connectivity index (χ1n) is 26.1. The van der Waals surface area contributed by atoms with Crippen molar-refractivity contribution in [3.8, 4) is 11.8 Å². The van der Waals surface area contributed by atoms with Crippen LogP contribution in [0.2, 0.25) is 0 Å². The normalized spacial score (nSPS) is 17.8. The Bertz CT molecular complexity index is 4650. The Hall–Kier alpha value is -7.78. The number of hydrogen-bond acceptors (Lipinski definition) is 19. The molecule has 1 amide bonds. The fourth-order valence-corrected chi connectivity index (χ4v) is 19.1. The molecule has 3 aliphatic heterocycles. The summed E-state index contributed by atoms with van der Waals surface area (Å²) in [6.45, 7) is 9.72. The van der Waals surface area contributed by atoms with E-state index in [-0.39, 0.29) is 46.8 Å². The number of carbonyl (C=O) groups excluding carboxylic acids is 1. The zero-order chi connectivity index (χ0) is 59.4. The van der Waals surface area contributed by atoms with Crippen molar-refractivity contribution >= 4 is 120 Å². The number of aromatic nitrogens is 3. The first-order valence-corrected chi connectivity index (χ1v) is 33.5. The summed E-state index contributed by atoms with van der Waals surface area (Å²) in [5.74, 6) is 5.07. The van der Waals surface area contributed by atoms with Crippen molar-refractivity contribution in [3.63, 3.8) is 0 Å². The van der Waals surface area contributed by atoms with E-state index in [1.54, 1.807) is 24.3 Å². The third kappa shape index (κ3) is 9.00. The molecule has 3 aromatic heterocycles. The van der Waals surface area contributed by atoms with Gasteiger partial charge in [0.05, 0.1) is 38.2 Å². The van der Waals surface area contributed by atoms with Crippen molar-refractivity contribution in [3.05, 3.63) is 142 Å². The van der Waals surface area contributed by atoms with Crippen LogP contribution >= 0.6 is 21.2 Å². The van der Waals surface area contributed by atoms with Gasteiger partial charge < -0.3 is 9.80 Å². The number of carbonyl (C=O) groups is 1. The molecule has 3 aliphatic rings. The van der Waals surface area contributed by atoms with Gasteiger partial charge in [-0.1, -0.05) is 76.2 Å². The Kier molecular flexibility index (Phi) is 13.8. The van der Waals surface area contributed by atoms with E-state index in [1.165, 1.54) is 22.9 Å². The summed E-state index contributed by atoms with van der Waals surface area (Å²) in [6, 6.07) is 32.2. The molecule has 2 atom stereocenters. The number of H-pyrrole nitrogens is 1. The molecule has 0 bridgehead atoms. The van der Waals surface area contributed by atoms with E-state index in [1.807, 2.05) is 36.4 Å². The zero-order valence-electron chi connectivity index (χ0n) is 45.0. The van der Waals surface area contributed by atoms with Crippen LogP contribution in [0.1, 0.15) is 73.8 Å². The van der Waals surface area contributed by atoms with Crippen molar-refractivity contribution in [1.82, 2.24) is 19.9 Å². The fraction of sp³-hybridized carbons (Fsp3) is 0.250. The summed E-state index contributed by atoms with van der Waals surface area (Å²) in [7, 11) is -13.0. The molecule has 6 aromatic carbocycles. The molecule has 0 saturated carbocycles. The fourth-order valence-electron chi connectivity index (χ4n) is 12.3.